The number of anilines is 1. The highest BCUT2D eigenvalue weighted by Crippen LogP contribution is 2.42. The van der Waals surface area contributed by atoms with Crippen LogP contribution in [-0.2, 0) is 4.79 Å². The van der Waals surface area contributed by atoms with Crippen molar-refractivity contribution in [1.29, 1.82) is 0 Å². The van der Waals surface area contributed by atoms with Gasteiger partial charge in [0.2, 0.25) is 0 Å². The van der Waals surface area contributed by atoms with Gasteiger partial charge in [0.25, 0.3) is 5.91 Å². The summed E-state index contributed by atoms with van der Waals surface area (Å²) in [7, 11) is 0. The number of thioether (sulfide) groups is 1. The first-order valence-electron chi connectivity index (χ1n) is 11.4. The third-order valence-electron chi connectivity index (χ3n) is 6.07. The molecule has 1 aliphatic heterocycles. The van der Waals surface area contributed by atoms with Gasteiger partial charge in [-0.25, -0.2) is 0 Å². The second kappa shape index (κ2) is 10.3. The van der Waals surface area contributed by atoms with Crippen LogP contribution >= 0.6 is 11.8 Å². The molecule has 1 aliphatic carbocycles. The first-order valence-corrected chi connectivity index (χ1v) is 12.3. The van der Waals surface area contributed by atoms with Crippen molar-refractivity contribution in [2.24, 2.45) is 5.92 Å². The molecule has 2 aliphatic rings. The molecule has 2 aromatic carbocycles. The van der Waals surface area contributed by atoms with E-state index >= 15 is 0 Å². The monoisotopic (exact) mass is 436 g/mol. The van der Waals surface area contributed by atoms with Crippen LogP contribution < -0.4 is 10.1 Å². The molecule has 0 spiro atoms. The molecule has 0 bridgehead atoms. The van der Waals surface area contributed by atoms with E-state index in [0.717, 1.165) is 41.4 Å². The summed E-state index contributed by atoms with van der Waals surface area (Å²) in [5, 5.41) is 3.59. The molecule has 0 radical (unpaired) electrons. The summed E-state index contributed by atoms with van der Waals surface area (Å²) in [6.07, 6.45) is 7.73. The quantitative estimate of drug-likeness (QED) is 0.512. The second-order valence-corrected chi connectivity index (χ2v) is 9.57. The van der Waals surface area contributed by atoms with Gasteiger partial charge in [0.15, 0.2) is 5.50 Å². The number of hydrogen-bond donors (Lipinski definition) is 1. The van der Waals surface area contributed by atoms with Crippen molar-refractivity contribution < 1.29 is 9.53 Å². The zero-order chi connectivity index (χ0) is 21.6. The normalized spacial score (nSPS) is 25.1. The van der Waals surface area contributed by atoms with Gasteiger partial charge in [0.1, 0.15) is 5.75 Å². The van der Waals surface area contributed by atoms with Crippen molar-refractivity contribution in [2.75, 3.05) is 11.9 Å². The number of rotatable bonds is 7. The molecule has 5 heteroatoms. The van der Waals surface area contributed by atoms with E-state index in [1.807, 2.05) is 48.5 Å². The Bertz CT molecular complexity index is 897. The molecule has 1 heterocycles. The summed E-state index contributed by atoms with van der Waals surface area (Å²) in [5.41, 5.74) is 1.98. The van der Waals surface area contributed by atoms with Crippen molar-refractivity contribution in [3.8, 4) is 5.75 Å². The smallest absolute Gasteiger partial charge is 0.262 e. The van der Waals surface area contributed by atoms with Crippen molar-refractivity contribution in [3.63, 3.8) is 0 Å². The lowest BCUT2D eigenvalue weighted by Gasteiger charge is -2.39. The fraction of sp³-hybridized carbons (Fsp3) is 0.423. The number of nitrogens with zero attached hydrogens (tertiary/aromatic N) is 1. The highest BCUT2D eigenvalue weighted by atomic mass is 32.2. The average molecular weight is 437 g/mol. The van der Waals surface area contributed by atoms with Crippen LogP contribution in [0.1, 0.15) is 51.5 Å². The number of hydrogen-bond acceptors (Lipinski definition) is 4. The van der Waals surface area contributed by atoms with Crippen molar-refractivity contribution in [1.82, 2.24) is 4.90 Å². The van der Waals surface area contributed by atoms with Gasteiger partial charge < -0.3 is 15.0 Å². The molecule has 0 aromatic heterocycles. The molecule has 4 rings (SSSR count). The molecule has 4 nitrogen and oxygen atoms in total. The predicted molar refractivity (Wildman–Crippen MR) is 130 cm³/mol. The lowest BCUT2D eigenvalue weighted by atomic mass is 9.85. The van der Waals surface area contributed by atoms with Crippen LogP contribution in [0.25, 0.3) is 6.08 Å². The summed E-state index contributed by atoms with van der Waals surface area (Å²) in [6, 6.07) is 18.5. The number of carbonyl (C=O) groups excluding carboxylic acids is 1. The lowest BCUT2D eigenvalue weighted by molar-refractivity contribution is -0.129. The van der Waals surface area contributed by atoms with Crippen LogP contribution in [-0.4, -0.2) is 29.0 Å². The first-order chi connectivity index (χ1) is 15.2. The Kier molecular flexibility index (Phi) is 7.23. The first kappa shape index (κ1) is 21.8. The number of nitrogens with one attached hydrogen (secondary N) is 1. The Morgan fingerprint density at radius 2 is 1.84 bits per heavy atom. The lowest BCUT2D eigenvalue weighted by Crippen LogP contribution is -2.48. The zero-order valence-corrected chi connectivity index (χ0v) is 19.2. The summed E-state index contributed by atoms with van der Waals surface area (Å²) in [4.78, 5) is 16.4. The molecule has 2 aromatic rings. The fourth-order valence-electron chi connectivity index (χ4n) is 4.40. The summed E-state index contributed by atoms with van der Waals surface area (Å²) in [5.74, 6) is 1.53. The minimum Gasteiger partial charge on any atom is -0.494 e. The van der Waals surface area contributed by atoms with E-state index in [1.54, 1.807) is 11.8 Å². The van der Waals surface area contributed by atoms with Gasteiger partial charge in [-0.3, -0.25) is 4.79 Å². The van der Waals surface area contributed by atoms with Crippen molar-refractivity contribution in [2.45, 2.75) is 57.5 Å². The van der Waals surface area contributed by atoms with Crippen LogP contribution in [0.4, 0.5) is 5.69 Å². The Hall–Kier alpha value is -2.40. The summed E-state index contributed by atoms with van der Waals surface area (Å²) in [6.45, 7) is 5.11. The van der Waals surface area contributed by atoms with Gasteiger partial charge in [0, 0.05) is 11.7 Å². The molecule has 1 saturated carbocycles. The number of ether oxygens (including phenoxy) is 1. The highest BCUT2D eigenvalue weighted by Gasteiger charge is 2.42. The predicted octanol–water partition coefficient (Wildman–Crippen LogP) is 6.37. The molecule has 3 atom stereocenters. The summed E-state index contributed by atoms with van der Waals surface area (Å²) < 4.78 is 5.68. The highest BCUT2D eigenvalue weighted by molar-refractivity contribution is 8.05. The maximum Gasteiger partial charge on any atom is 0.262 e. The summed E-state index contributed by atoms with van der Waals surface area (Å²) >= 11 is 1.63. The number of benzene rings is 2. The Morgan fingerprint density at radius 1 is 1.10 bits per heavy atom. The molecule has 31 heavy (non-hydrogen) atoms. The molecule has 1 unspecified atom stereocenters. The van der Waals surface area contributed by atoms with Crippen molar-refractivity contribution >= 4 is 29.4 Å². The van der Waals surface area contributed by atoms with Gasteiger partial charge in [-0.1, -0.05) is 68.8 Å². The van der Waals surface area contributed by atoms with Gasteiger partial charge in [0.05, 0.1) is 11.5 Å². The van der Waals surface area contributed by atoms with E-state index < -0.39 is 0 Å². The zero-order valence-electron chi connectivity index (χ0n) is 18.4. The average Bonchev–Trinajstić information content (AvgIpc) is 3.09. The second-order valence-electron chi connectivity index (χ2n) is 8.45. The molecule has 2 fully saturated rings. The molecular weight excluding hydrogens is 404 g/mol. The molecule has 1 saturated heterocycles. The van der Waals surface area contributed by atoms with Crippen molar-refractivity contribution in [3.05, 3.63) is 65.1 Å². The maximum atomic E-state index is 13.5. The van der Waals surface area contributed by atoms with E-state index in [2.05, 4.69) is 36.2 Å². The van der Waals surface area contributed by atoms with Gasteiger partial charge in [-0.05, 0) is 61.1 Å². The standard InChI is InChI=1S/C26H32N2O2S/c1-3-17-30-22-15-13-20(14-16-22)18-24-25(29)28(23-12-8-7-9-19(23)2)26(31-24)27-21-10-5-4-6-11-21/h4-6,10-11,13-16,18-19,23,26-27H,3,7-9,12,17H2,1-2H3/b24-18-/t19-,23-,26?/m0/s1. The van der Waals surface area contributed by atoms with E-state index in [-0.39, 0.29) is 17.4 Å². The van der Waals surface area contributed by atoms with E-state index in [1.165, 1.54) is 19.3 Å². The third kappa shape index (κ3) is 5.27. The minimum absolute atomic E-state index is 0.0844. The Morgan fingerprint density at radius 3 is 2.55 bits per heavy atom. The van der Waals surface area contributed by atoms with E-state index in [9.17, 15) is 4.79 Å². The van der Waals surface area contributed by atoms with E-state index in [4.69, 9.17) is 4.74 Å². The largest absolute Gasteiger partial charge is 0.494 e. The maximum absolute atomic E-state index is 13.5. The molecular formula is C26H32N2O2S. The van der Waals surface area contributed by atoms with Crippen LogP contribution in [0.2, 0.25) is 0 Å². The van der Waals surface area contributed by atoms with Crippen LogP contribution in [0, 0.1) is 5.92 Å². The topological polar surface area (TPSA) is 41.6 Å². The van der Waals surface area contributed by atoms with E-state index in [0.29, 0.717) is 5.92 Å². The number of amides is 1. The van der Waals surface area contributed by atoms with Gasteiger partial charge in [-0.2, -0.15) is 0 Å². The Labute approximate surface area is 190 Å². The molecule has 1 N–H and O–H groups in total. The van der Waals surface area contributed by atoms with Gasteiger partial charge in [-0.15, -0.1) is 0 Å². The number of carbonyl (C=O) groups is 1. The van der Waals surface area contributed by atoms with Crippen LogP contribution in [0.3, 0.4) is 0 Å². The third-order valence-corrected chi connectivity index (χ3v) is 7.19. The molecule has 164 valence electrons. The SMILES string of the molecule is CCCOc1ccc(/C=C2\SC(Nc3ccccc3)N([C@H]3CCCC[C@@H]3C)C2=O)cc1. The fourth-order valence-corrected chi connectivity index (χ4v) is 5.61. The Balaban J connectivity index is 1.57. The molecule has 1 amide bonds. The van der Waals surface area contributed by atoms with Gasteiger partial charge >= 0.3 is 0 Å². The minimum atomic E-state index is -0.0844. The van der Waals surface area contributed by atoms with Crippen LogP contribution in [0.15, 0.2) is 59.5 Å². The number of para-hydroxylation sites is 1. The van der Waals surface area contributed by atoms with Crippen LogP contribution in [0.5, 0.6) is 5.75 Å².